The van der Waals surface area contributed by atoms with Crippen LogP contribution in [0.5, 0.6) is 0 Å². The van der Waals surface area contributed by atoms with Gasteiger partial charge >= 0.3 is 0 Å². The number of hydrogen-bond acceptors (Lipinski definition) is 6. The molecule has 0 atom stereocenters. The maximum Gasteiger partial charge on any atom is 0.256 e. The topological polar surface area (TPSA) is 85.4 Å². The standard InChI is InChI=1S/C12H19N5OS/c1-15-11(18)9-10(14)8(7-13)19-12(9)17(4)6-5-16(2)3/h5-6,14H2,1-4H3,(H,15,18). The second-order valence-electron chi connectivity index (χ2n) is 4.44. The predicted molar refractivity (Wildman–Crippen MR) is 78.7 cm³/mol. The molecule has 19 heavy (non-hydrogen) atoms. The molecule has 0 fully saturated rings. The molecule has 1 heterocycles. The Morgan fingerprint density at radius 3 is 2.53 bits per heavy atom. The third-order valence-corrected chi connectivity index (χ3v) is 3.94. The summed E-state index contributed by atoms with van der Waals surface area (Å²) in [4.78, 5) is 16.3. The summed E-state index contributed by atoms with van der Waals surface area (Å²) in [6.07, 6.45) is 0. The van der Waals surface area contributed by atoms with Crippen molar-refractivity contribution in [2.75, 3.05) is 51.9 Å². The summed E-state index contributed by atoms with van der Waals surface area (Å²) >= 11 is 1.25. The Kier molecular flexibility index (Phi) is 5.15. The number of nitrogens with two attached hydrogens (primary N) is 1. The minimum absolute atomic E-state index is 0.262. The summed E-state index contributed by atoms with van der Waals surface area (Å²) in [5.74, 6) is -0.262. The van der Waals surface area contributed by atoms with Gasteiger partial charge in [0, 0.05) is 27.2 Å². The van der Waals surface area contributed by atoms with E-state index in [4.69, 9.17) is 11.0 Å². The Morgan fingerprint density at radius 2 is 2.05 bits per heavy atom. The number of carbonyl (C=O) groups excluding carboxylic acids is 1. The van der Waals surface area contributed by atoms with Crippen molar-refractivity contribution < 1.29 is 4.79 Å². The highest BCUT2D eigenvalue weighted by atomic mass is 32.1. The Hall–Kier alpha value is -1.78. The number of likely N-dealkylation sites (N-methyl/N-ethyl adjacent to an activating group) is 2. The zero-order valence-corrected chi connectivity index (χ0v) is 12.5. The van der Waals surface area contributed by atoms with E-state index in [0.717, 1.165) is 18.1 Å². The van der Waals surface area contributed by atoms with Crippen LogP contribution in [0, 0.1) is 11.3 Å². The first-order chi connectivity index (χ1) is 8.92. The van der Waals surface area contributed by atoms with Crippen LogP contribution >= 0.6 is 11.3 Å². The molecule has 0 aromatic carbocycles. The number of rotatable bonds is 5. The molecule has 1 aromatic rings. The maximum absolute atomic E-state index is 11.9. The van der Waals surface area contributed by atoms with E-state index in [9.17, 15) is 4.79 Å². The first kappa shape index (κ1) is 15.3. The van der Waals surface area contributed by atoms with Crippen LogP contribution in [0.2, 0.25) is 0 Å². The zero-order valence-electron chi connectivity index (χ0n) is 11.6. The number of nitrogens with one attached hydrogen (secondary N) is 1. The lowest BCUT2D eigenvalue weighted by Crippen LogP contribution is -2.30. The van der Waals surface area contributed by atoms with Crippen LogP contribution in [0.4, 0.5) is 10.7 Å². The molecule has 6 nitrogen and oxygen atoms in total. The van der Waals surface area contributed by atoms with Crippen LogP contribution in [-0.4, -0.2) is 52.1 Å². The number of nitrogen functional groups attached to an aromatic ring is 1. The Labute approximate surface area is 117 Å². The molecule has 0 aliphatic heterocycles. The van der Waals surface area contributed by atoms with Crippen molar-refractivity contribution in [3.05, 3.63) is 10.4 Å². The molecule has 0 aliphatic rings. The Balaban J connectivity index is 3.12. The number of amides is 1. The molecule has 1 amide bonds. The lowest BCUT2D eigenvalue weighted by Gasteiger charge is -2.21. The minimum Gasteiger partial charge on any atom is -0.396 e. The molecular formula is C12H19N5OS. The number of thiophene rings is 1. The number of anilines is 2. The van der Waals surface area contributed by atoms with Gasteiger partial charge in [-0.2, -0.15) is 5.26 Å². The summed E-state index contributed by atoms with van der Waals surface area (Å²) in [6.45, 7) is 1.60. The molecule has 1 rings (SSSR count). The van der Waals surface area contributed by atoms with Crippen molar-refractivity contribution >= 4 is 27.9 Å². The number of nitrogens with zero attached hydrogens (tertiary/aromatic N) is 3. The van der Waals surface area contributed by atoms with E-state index >= 15 is 0 Å². The van der Waals surface area contributed by atoms with Crippen molar-refractivity contribution in [2.24, 2.45) is 0 Å². The Morgan fingerprint density at radius 1 is 1.42 bits per heavy atom. The SMILES string of the molecule is CNC(=O)c1c(N(C)CCN(C)C)sc(C#N)c1N. The van der Waals surface area contributed by atoms with Gasteiger partial charge < -0.3 is 20.9 Å². The quantitative estimate of drug-likeness (QED) is 0.823. The summed E-state index contributed by atoms with van der Waals surface area (Å²) < 4.78 is 0. The van der Waals surface area contributed by atoms with Gasteiger partial charge in [0.15, 0.2) is 0 Å². The number of hydrogen-bond donors (Lipinski definition) is 2. The molecule has 0 saturated heterocycles. The van der Waals surface area contributed by atoms with Crippen molar-refractivity contribution in [3.63, 3.8) is 0 Å². The molecule has 1 aromatic heterocycles. The van der Waals surface area contributed by atoms with Crippen molar-refractivity contribution in [3.8, 4) is 6.07 Å². The van der Waals surface area contributed by atoms with Crippen molar-refractivity contribution in [1.82, 2.24) is 10.2 Å². The highest BCUT2D eigenvalue weighted by molar-refractivity contribution is 7.17. The van der Waals surface area contributed by atoms with Crippen LogP contribution in [0.15, 0.2) is 0 Å². The molecule has 0 radical (unpaired) electrons. The number of carbonyl (C=O) groups is 1. The fraction of sp³-hybridized carbons (Fsp3) is 0.500. The van der Waals surface area contributed by atoms with E-state index in [0.29, 0.717) is 10.4 Å². The fourth-order valence-corrected chi connectivity index (χ4v) is 2.58. The highest BCUT2D eigenvalue weighted by Crippen LogP contribution is 2.37. The van der Waals surface area contributed by atoms with E-state index in [-0.39, 0.29) is 11.6 Å². The first-order valence-corrected chi connectivity index (χ1v) is 6.64. The Bertz CT molecular complexity index is 503. The monoisotopic (exact) mass is 281 g/mol. The van der Waals surface area contributed by atoms with Gasteiger partial charge in [-0.1, -0.05) is 0 Å². The van der Waals surface area contributed by atoms with Gasteiger partial charge in [0.2, 0.25) is 0 Å². The largest absolute Gasteiger partial charge is 0.396 e. The van der Waals surface area contributed by atoms with Gasteiger partial charge in [-0.25, -0.2) is 0 Å². The average Bonchev–Trinajstić information content (AvgIpc) is 2.72. The zero-order chi connectivity index (χ0) is 14.6. The molecule has 0 spiro atoms. The lowest BCUT2D eigenvalue weighted by molar-refractivity contribution is 0.0965. The first-order valence-electron chi connectivity index (χ1n) is 5.82. The van der Waals surface area contributed by atoms with Crippen LogP contribution in [-0.2, 0) is 0 Å². The van der Waals surface area contributed by atoms with E-state index in [1.807, 2.05) is 32.1 Å². The number of nitriles is 1. The lowest BCUT2D eigenvalue weighted by atomic mass is 10.2. The predicted octanol–water partition coefficient (Wildman–Crippen LogP) is 0.559. The van der Waals surface area contributed by atoms with Gasteiger partial charge in [0.25, 0.3) is 5.91 Å². The maximum atomic E-state index is 11.9. The fourth-order valence-electron chi connectivity index (χ4n) is 1.58. The van der Waals surface area contributed by atoms with Crippen LogP contribution < -0.4 is 16.0 Å². The summed E-state index contributed by atoms with van der Waals surface area (Å²) in [5, 5.41) is 12.3. The summed E-state index contributed by atoms with van der Waals surface area (Å²) in [6, 6.07) is 2.03. The van der Waals surface area contributed by atoms with Gasteiger partial charge in [-0.3, -0.25) is 4.79 Å². The van der Waals surface area contributed by atoms with Gasteiger partial charge in [0.1, 0.15) is 15.9 Å². The third kappa shape index (κ3) is 3.36. The van der Waals surface area contributed by atoms with Crippen LogP contribution in [0.1, 0.15) is 15.2 Å². The van der Waals surface area contributed by atoms with Gasteiger partial charge in [-0.05, 0) is 14.1 Å². The van der Waals surface area contributed by atoms with E-state index in [1.165, 1.54) is 11.3 Å². The smallest absolute Gasteiger partial charge is 0.256 e. The molecule has 0 aliphatic carbocycles. The van der Waals surface area contributed by atoms with E-state index in [2.05, 4.69) is 10.2 Å². The summed E-state index contributed by atoms with van der Waals surface area (Å²) in [5.41, 5.74) is 6.53. The molecule has 0 bridgehead atoms. The molecular weight excluding hydrogens is 262 g/mol. The van der Waals surface area contributed by atoms with Crippen LogP contribution in [0.3, 0.4) is 0 Å². The van der Waals surface area contributed by atoms with Gasteiger partial charge in [-0.15, -0.1) is 11.3 Å². The average molecular weight is 281 g/mol. The minimum atomic E-state index is -0.262. The summed E-state index contributed by atoms with van der Waals surface area (Å²) in [7, 11) is 7.41. The molecule has 3 N–H and O–H groups in total. The normalized spacial score (nSPS) is 10.3. The van der Waals surface area contributed by atoms with E-state index < -0.39 is 0 Å². The highest BCUT2D eigenvalue weighted by Gasteiger charge is 2.23. The van der Waals surface area contributed by atoms with Gasteiger partial charge in [0.05, 0.1) is 11.3 Å². The van der Waals surface area contributed by atoms with Crippen molar-refractivity contribution in [1.29, 1.82) is 5.26 Å². The second-order valence-corrected chi connectivity index (χ2v) is 5.44. The third-order valence-electron chi connectivity index (χ3n) is 2.71. The molecule has 104 valence electrons. The second kappa shape index (κ2) is 6.41. The van der Waals surface area contributed by atoms with Crippen molar-refractivity contribution in [2.45, 2.75) is 0 Å². The van der Waals surface area contributed by atoms with E-state index in [1.54, 1.807) is 7.05 Å². The molecule has 0 saturated carbocycles. The molecule has 0 unspecified atom stereocenters. The van der Waals surface area contributed by atoms with Crippen LogP contribution in [0.25, 0.3) is 0 Å². The molecule has 7 heteroatoms.